The molecule has 1 atom stereocenters. The van der Waals surface area contributed by atoms with Gasteiger partial charge in [-0.05, 0) is 49.4 Å². The molecule has 15 heteroatoms. The summed E-state index contributed by atoms with van der Waals surface area (Å²) in [5.74, 6) is -4.13. The first-order valence-corrected chi connectivity index (χ1v) is 11.6. The molecule has 0 radical (unpaired) electrons. The minimum absolute atomic E-state index is 0.0669. The van der Waals surface area contributed by atoms with Crippen molar-refractivity contribution in [3.8, 4) is 5.75 Å². The van der Waals surface area contributed by atoms with Crippen LogP contribution in [0.3, 0.4) is 0 Å². The molecule has 0 unspecified atom stereocenters. The summed E-state index contributed by atoms with van der Waals surface area (Å²) in [4.78, 5) is 32.5. The van der Waals surface area contributed by atoms with Crippen LogP contribution in [0, 0.1) is 0 Å². The van der Waals surface area contributed by atoms with Crippen molar-refractivity contribution >= 4 is 27.9 Å². The molecule has 198 valence electrons. The quantitative estimate of drug-likeness (QED) is 0.264. The van der Waals surface area contributed by atoms with Crippen LogP contribution in [-0.2, 0) is 19.6 Å². The van der Waals surface area contributed by atoms with Gasteiger partial charge in [-0.15, -0.1) is 0 Å². The van der Waals surface area contributed by atoms with Crippen molar-refractivity contribution in [2.75, 3.05) is 19.7 Å². The molecule has 0 aliphatic carbocycles. The lowest BCUT2D eigenvalue weighted by Crippen LogP contribution is -2.48. The number of rotatable bonds is 11. The number of amides is 1. The monoisotopic (exact) mass is 535 g/mol. The van der Waals surface area contributed by atoms with E-state index in [-0.39, 0.29) is 10.5 Å². The van der Waals surface area contributed by atoms with Crippen LogP contribution in [0.4, 0.5) is 13.2 Å². The Morgan fingerprint density at radius 1 is 1.00 bits per heavy atom. The summed E-state index contributed by atoms with van der Waals surface area (Å²) in [7, 11) is -4.04. The van der Waals surface area contributed by atoms with Gasteiger partial charge < -0.3 is 26.0 Å². The van der Waals surface area contributed by atoms with Gasteiger partial charge in [-0.25, -0.2) is 13.2 Å². The average Bonchev–Trinajstić information content (AvgIpc) is 2.82. The van der Waals surface area contributed by atoms with E-state index < -0.39 is 46.6 Å². The fourth-order valence-electron chi connectivity index (χ4n) is 2.31. The summed E-state index contributed by atoms with van der Waals surface area (Å²) in [6.07, 6.45) is -4.38. The predicted molar refractivity (Wildman–Crippen MR) is 120 cm³/mol. The van der Waals surface area contributed by atoms with E-state index in [1.165, 1.54) is 36.4 Å². The smallest absolute Gasteiger partial charge is 0.490 e. The molecule has 2 rings (SSSR count). The number of halogens is 3. The van der Waals surface area contributed by atoms with E-state index in [9.17, 15) is 36.3 Å². The summed E-state index contributed by atoms with van der Waals surface area (Å²) in [5.41, 5.74) is 5.67. The van der Waals surface area contributed by atoms with Crippen molar-refractivity contribution in [1.82, 2.24) is 10.0 Å². The Bertz CT molecular complexity index is 1110. The summed E-state index contributed by atoms with van der Waals surface area (Å²) >= 11 is 0. The van der Waals surface area contributed by atoms with Crippen molar-refractivity contribution in [3.05, 3.63) is 60.2 Å². The van der Waals surface area contributed by atoms with E-state index in [1.54, 1.807) is 18.2 Å². The van der Waals surface area contributed by atoms with Crippen LogP contribution in [0.2, 0.25) is 0 Å². The number of carboxylic acid groups (broad SMARTS) is 2. The fourth-order valence-corrected chi connectivity index (χ4v) is 3.52. The molecule has 0 saturated carbocycles. The third-order valence-electron chi connectivity index (χ3n) is 4.09. The third kappa shape index (κ3) is 10.7. The van der Waals surface area contributed by atoms with Crippen molar-refractivity contribution < 1.29 is 50.9 Å². The highest BCUT2D eigenvalue weighted by molar-refractivity contribution is 7.89. The van der Waals surface area contributed by atoms with Gasteiger partial charge in [0, 0.05) is 12.1 Å². The van der Waals surface area contributed by atoms with Gasteiger partial charge in [-0.3, -0.25) is 9.59 Å². The molecule has 2 aromatic rings. The first-order valence-electron chi connectivity index (χ1n) is 10.1. The highest BCUT2D eigenvalue weighted by Crippen LogP contribution is 2.14. The second-order valence-electron chi connectivity index (χ2n) is 6.85. The van der Waals surface area contributed by atoms with Gasteiger partial charge in [0.2, 0.25) is 10.0 Å². The van der Waals surface area contributed by atoms with Crippen LogP contribution in [-0.4, -0.2) is 68.4 Å². The molecule has 2 aromatic carbocycles. The molecule has 0 saturated heterocycles. The van der Waals surface area contributed by atoms with Crippen LogP contribution in [0.5, 0.6) is 5.75 Å². The highest BCUT2D eigenvalue weighted by Gasteiger charge is 2.38. The molecular formula is C21H24F3N3O8S. The first kappa shape index (κ1) is 30.3. The Morgan fingerprint density at radius 2 is 1.56 bits per heavy atom. The molecule has 36 heavy (non-hydrogen) atoms. The zero-order valence-corrected chi connectivity index (χ0v) is 19.4. The number of hydrogen-bond acceptors (Lipinski definition) is 7. The number of alkyl halides is 3. The Kier molecular flexibility index (Phi) is 11.8. The molecule has 0 heterocycles. The molecule has 0 spiro atoms. The summed E-state index contributed by atoms with van der Waals surface area (Å²) in [6, 6.07) is 12.1. The van der Waals surface area contributed by atoms with Gasteiger partial charge >= 0.3 is 18.1 Å². The number of nitrogens with one attached hydrogen (secondary N) is 2. The number of carbonyl (C=O) groups excluding carboxylic acids is 1. The Balaban J connectivity index is 0.000000809. The van der Waals surface area contributed by atoms with Crippen molar-refractivity contribution in [2.45, 2.75) is 23.5 Å². The van der Waals surface area contributed by atoms with E-state index >= 15 is 0 Å². The maximum absolute atomic E-state index is 12.3. The number of benzene rings is 2. The van der Waals surface area contributed by atoms with E-state index in [0.29, 0.717) is 25.3 Å². The van der Waals surface area contributed by atoms with Gasteiger partial charge in [-0.2, -0.15) is 17.9 Å². The van der Waals surface area contributed by atoms with Crippen LogP contribution < -0.4 is 20.5 Å². The van der Waals surface area contributed by atoms with Gasteiger partial charge in [-0.1, -0.05) is 18.2 Å². The molecular weight excluding hydrogens is 511 g/mol. The predicted octanol–water partition coefficient (Wildman–Crippen LogP) is 1.21. The number of ether oxygens (including phenoxy) is 1. The molecule has 0 fully saturated rings. The van der Waals surface area contributed by atoms with Gasteiger partial charge in [0.15, 0.2) is 0 Å². The van der Waals surface area contributed by atoms with Gasteiger partial charge in [0.25, 0.3) is 5.91 Å². The van der Waals surface area contributed by atoms with E-state index in [4.69, 9.17) is 20.4 Å². The first-order chi connectivity index (χ1) is 16.8. The largest absolute Gasteiger partial charge is 0.494 e. The van der Waals surface area contributed by atoms with E-state index in [0.717, 1.165) is 0 Å². The molecule has 1 amide bonds. The van der Waals surface area contributed by atoms with Crippen molar-refractivity contribution in [1.29, 1.82) is 0 Å². The zero-order chi connectivity index (χ0) is 27.4. The van der Waals surface area contributed by atoms with Crippen molar-refractivity contribution in [3.63, 3.8) is 0 Å². The van der Waals surface area contributed by atoms with Gasteiger partial charge in [0.05, 0.1) is 11.5 Å². The highest BCUT2D eigenvalue weighted by atomic mass is 32.2. The van der Waals surface area contributed by atoms with Crippen LogP contribution in [0.15, 0.2) is 59.5 Å². The second kappa shape index (κ2) is 14.0. The standard InChI is InChI=1S/C19H23N3O6S.C2HF3O2/c20-11-4-12-28-15-9-7-14(8-10-15)18(23)21-13-17(19(24)25)22-29(26,27)16-5-2-1-3-6-16;3-2(4,5)1(6)7/h1-3,5-10,17,22H,4,11-13,20H2,(H,21,23)(H,24,25);(H,6,7)/t17-;/m0./s1. The number of carbonyl (C=O) groups is 3. The van der Waals surface area contributed by atoms with Crippen LogP contribution in [0.1, 0.15) is 16.8 Å². The zero-order valence-electron chi connectivity index (χ0n) is 18.6. The number of hydrogen-bond donors (Lipinski definition) is 5. The second-order valence-corrected chi connectivity index (χ2v) is 8.57. The maximum atomic E-state index is 12.3. The van der Waals surface area contributed by atoms with E-state index in [2.05, 4.69) is 10.0 Å². The average molecular weight is 535 g/mol. The molecule has 0 aliphatic heterocycles. The topological polar surface area (TPSA) is 185 Å². The Hall–Kier alpha value is -3.69. The van der Waals surface area contributed by atoms with Crippen LogP contribution in [0.25, 0.3) is 0 Å². The molecule has 0 bridgehead atoms. The summed E-state index contributed by atoms with van der Waals surface area (Å²) < 4.78 is 63.9. The number of carboxylic acids is 2. The summed E-state index contributed by atoms with van der Waals surface area (Å²) in [5, 5.41) is 18.8. The lowest BCUT2D eigenvalue weighted by molar-refractivity contribution is -0.192. The lowest BCUT2D eigenvalue weighted by atomic mass is 10.2. The minimum atomic E-state index is -5.08. The Morgan fingerprint density at radius 3 is 2.03 bits per heavy atom. The molecule has 6 N–H and O–H groups in total. The van der Waals surface area contributed by atoms with E-state index in [1.807, 2.05) is 0 Å². The van der Waals surface area contributed by atoms with Gasteiger partial charge in [0.1, 0.15) is 11.8 Å². The van der Waals surface area contributed by atoms with Crippen molar-refractivity contribution in [2.24, 2.45) is 5.73 Å². The Labute approximate surface area is 204 Å². The third-order valence-corrected chi connectivity index (χ3v) is 5.58. The number of aliphatic carboxylic acids is 2. The molecule has 0 aliphatic rings. The maximum Gasteiger partial charge on any atom is 0.490 e. The normalized spacial score (nSPS) is 12.0. The molecule has 11 nitrogen and oxygen atoms in total. The SMILES string of the molecule is NCCCOc1ccc(C(=O)NC[C@H](NS(=O)(=O)c2ccccc2)C(=O)O)cc1.O=C(O)C(F)(F)F. The number of sulfonamides is 1. The lowest BCUT2D eigenvalue weighted by Gasteiger charge is -2.16. The van der Waals surface area contributed by atoms with Crippen LogP contribution >= 0.6 is 0 Å². The number of nitrogens with two attached hydrogens (primary N) is 1. The fraction of sp³-hybridized carbons (Fsp3) is 0.286. The summed E-state index contributed by atoms with van der Waals surface area (Å²) in [6.45, 7) is 0.554. The minimum Gasteiger partial charge on any atom is -0.494 e. The molecule has 0 aromatic heterocycles.